The predicted molar refractivity (Wildman–Crippen MR) is 119 cm³/mol. The summed E-state index contributed by atoms with van der Waals surface area (Å²) in [4.78, 5) is 24.6. The summed E-state index contributed by atoms with van der Waals surface area (Å²) in [6, 6.07) is 22.8. The SMILES string of the molecule is Cc1cccc(CC(N)C(C(=O)O)C(=O)OCC2c3ccccc3-c3ccccc32)c1. The third kappa shape index (κ3) is 4.23. The van der Waals surface area contributed by atoms with Gasteiger partial charge in [-0.1, -0.05) is 78.4 Å². The van der Waals surface area contributed by atoms with Crippen molar-refractivity contribution in [3.8, 4) is 11.1 Å². The van der Waals surface area contributed by atoms with E-state index in [1.165, 1.54) is 0 Å². The summed E-state index contributed by atoms with van der Waals surface area (Å²) in [7, 11) is 0. The lowest BCUT2D eigenvalue weighted by Crippen LogP contribution is -2.43. The van der Waals surface area contributed by atoms with Crippen LogP contribution in [-0.2, 0) is 20.7 Å². The molecule has 1 aliphatic rings. The summed E-state index contributed by atoms with van der Waals surface area (Å²) in [5.41, 5.74) is 12.5. The van der Waals surface area contributed by atoms with E-state index in [9.17, 15) is 14.7 Å². The molecule has 3 N–H and O–H groups in total. The minimum atomic E-state index is -1.42. The van der Waals surface area contributed by atoms with Crippen LogP contribution in [0.25, 0.3) is 11.1 Å². The molecule has 0 heterocycles. The average Bonchev–Trinajstić information content (AvgIpc) is 3.06. The number of carbonyl (C=O) groups is 2. The second kappa shape index (κ2) is 8.74. The number of fused-ring (bicyclic) bond motifs is 3. The summed E-state index contributed by atoms with van der Waals surface area (Å²) in [5, 5.41) is 9.67. The first-order chi connectivity index (χ1) is 15.0. The number of hydrogen-bond acceptors (Lipinski definition) is 4. The van der Waals surface area contributed by atoms with Crippen LogP contribution in [0.15, 0.2) is 72.8 Å². The molecule has 0 aliphatic heterocycles. The van der Waals surface area contributed by atoms with Crippen LogP contribution in [0.3, 0.4) is 0 Å². The van der Waals surface area contributed by atoms with Gasteiger partial charge >= 0.3 is 11.9 Å². The quantitative estimate of drug-likeness (QED) is 0.451. The maximum Gasteiger partial charge on any atom is 0.321 e. The van der Waals surface area contributed by atoms with Crippen LogP contribution in [0.4, 0.5) is 0 Å². The molecule has 0 saturated heterocycles. The maximum absolute atomic E-state index is 12.8. The molecule has 0 aromatic heterocycles. The number of aryl methyl sites for hydroxylation is 1. The fourth-order valence-electron chi connectivity index (χ4n) is 4.38. The van der Waals surface area contributed by atoms with Gasteiger partial charge in [0, 0.05) is 12.0 Å². The van der Waals surface area contributed by atoms with Gasteiger partial charge in [0.25, 0.3) is 0 Å². The molecule has 5 nitrogen and oxygen atoms in total. The smallest absolute Gasteiger partial charge is 0.321 e. The summed E-state index contributed by atoms with van der Waals surface area (Å²) < 4.78 is 5.55. The molecule has 0 amide bonds. The largest absolute Gasteiger partial charge is 0.481 e. The number of carboxylic acids is 1. The lowest BCUT2D eigenvalue weighted by atomic mass is 9.93. The molecular weight excluding hydrogens is 390 g/mol. The molecule has 4 rings (SSSR count). The molecule has 0 saturated carbocycles. The Morgan fingerprint density at radius 1 is 0.968 bits per heavy atom. The second-order valence-electron chi connectivity index (χ2n) is 8.03. The number of hydrogen-bond donors (Lipinski definition) is 2. The van der Waals surface area contributed by atoms with E-state index in [0.29, 0.717) is 0 Å². The topological polar surface area (TPSA) is 89.6 Å². The number of benzene rings is 3. The van der Waals surface area contributed by atoms with Crippen LogP contribution in [0.1, 0.15) is 28.2 Å². The van der Waals surface area contributed by atoms with Crippen molar-refractivity contribution >= 4 is 11.9 Å². The molecule has 0 bridgehead atoms. The zero-order chi connectivity index (χ0) is 22.0. The Hall–Kier alpha value is -3.44. The van der Waals surface area contributed by atoms with Crippen LogP contribution in [0.5, 0.6) is 0 Å². The van der Waals surface area contributed by atoms with Crippen molar-refractivity contribution in [2.75, 3.05) is 6.61 Å². The summed E-state index contributed by atoms with van der Waals surface area (Å²) in [6.07, 6.45) is 0.281. The Balaban J connectivity index is 1.49. The zero-order valence-corrected chi connectivity index (χ0v) is 17.3. The molecule has 3 aromatic carbocycles. The van der Waals surface area contributed by atoms with Crippen molar-refractivity contribution in [2.24, 2.45) is 11.7 Å². The highest BCUT2D eigenvalue weighted by Gasteiger charge is 2.36. The summed E-state index contributed by atoms with van der Waals surface area (Å²) in [6.45, 7) is 2.03. The van der Waals surface area contributed by atoms with Crippen molar-refractivity contribution in [2.45, 2.75) is 25.3 Å². The molecule has 0 fully saturated rings. The van der Waals surface area contributed by atoms with Gasteiger partial charge in [0.05, 0.1) is 0 Å². The maximum atomic E-state index is 12.8. The Morgan fingerprint density at radius 2 is 1.58 bits per heavy atom. The highest BCUT2D eigenvalue weighted by Crippen LogP contribution is 2.44. The van der Waals surface area contributed by atoms with Gasteiger partial charge in [0.2, 0.25) is 0 Å². The van der Waals surface area contributed by atoms with E-state index in [2.05, 4.69) is 0 Å². The average molecular weight is 415 g/mol. The van der Waals surface area contributed by atoms with Gasteiger partial charge in [-0.3, -0.25) is 9.59 Å². The number of rotatable bonds is 7. The summed E-state index contributed by atoms with van der Waals surface area (Å²) in [5.74, 6) is -3.61. The van der Waals surface area contributed by atoms with Crippen LogP contribution < -0.4 is 5.73 Å². The molecule has 2 atom stereocenters. The minimum absolute atomic E-state index is 0.0772. The standard InChI is InChI=1S/C26H25NO4/c1-16-7-6-8-17(13-16)14-23(27)24(25(28)29)26(30)31-15-22-20-11-4-2-9-18(20)19-10-3-5-12-21(19)22/h2-13,22-24H,14-15,27H2,1H3,(H,28,29). The first kappa shape index (κ1) is 20.8. The zero-order valence-electron chi connectivity index (χ0n) is 17.3. The highest BCUT2D eigenvalue weighted by molar-refractivity contribution is 5.95. The van der Waals surface area contributed by atoms with E-state index in [-0.39, 0.29) is 18.9 Å². The van der Waals surface area contributed by atoms with Gasteiger partial charge in [-0.05, 0) is 41.2 Å². The van der Waals surface area contributed by atoms with E-state index in [0.717, 1.165) is 33.4 Å². The van der Waals surface area contributed by atoms with Crippen molar-refractivity contribution < 1.29 is 19.4 Å². The number of nitrogens with two attached hydrogens (primary N) is 1. The van der Waals surface area contributed by atoms with E-state index in [4.69, 9.17) is 10.5 Å². The van der Waals surface area contributed by atoms with Crippen molar-refractivity contribution in [1.82, 2.24) is 0 Å². The first-order valence-corrected chi connectivity index (χ1v) is 10.3. The monoisotopic (exact) mass is 415 g/mol. The van der Waals surface area contributed by atoms with E-state index < -0.39 is 23.9 Å². The molecular formula is C26H25NO4. The molecule has 5 heteroatoms. The third-order valence-electron chi connectivity index (χ3n) is 5.86. The van der Waals surface area contributed by atoms with Crippen LogP contribution >= 0.6 is 0 Å². The molecule has 31 heavy (non-hydrogen) atoms. The Morgan fingerprint density at radius 3 is 2.16 bits per heavy atom. The number of esters is 1. The molecule has 3 aromatic rings. The van der Waals surface area contributed by atoms with E-state index in [1.54, 1.807) is 0 Å². The molecule has 2 unspecified atom stereocenters. The fourth-order valence-corrected chi connectivity index (χ4v) is 4.38. The lowest BCUT2D eigenvalue weighted by Gasteiger charge is -2.21. The van der Waals surface area contributed by atoms with Crippen molar-refractivity contribution in [3.05, 3.63) is 95.1 Å². The number of aliphatic carboxylic acids is 1. The molecule has 1 aliphatic carbocycles. The van der Waals surface area contributed by atoms with Crippen LogP contribution in [0, 0.1) is 12.8 Å². The Kier molecular flexibility index (Phi) is 5.87. The van der Waals surface area contributed by atoms with Gasteiger partial charge in [-0.15, -0.1) is 0 Å². The van der Waals surface area contributed by atoms with Gasteiger partial charge in [0.1, 0.15) is 6.61 Å². The molecule has 0 spiro atoms. The first-order valence-electron chi connectivity index (χ1n) is 10.3. The number of ether oxygens (including phenoxy) is 1. The van der Waals surface area contributed by atoms with Gasteiger partial charge in [-0.25, -0.2) is 0 Å². The fraction of sp³-hybridized carbons (Fsp3) is 0.231. The number of carbonyl (C=O) groups excluding carboxylic acids is 1. The second-order valence-corrected chi connectivity index (χ2v) is 8.03. The van der Waals surface area contributed by atoms with Crippen LogP contribution in [-0.4, -0.2) is 29.7 Å². The lowest BCUT2D eigenvalue weighted by molar-refractivity contribution is -0.159. The van der Waals surface area contributed by atoms with Crippen molar-refractivity contribution in [3.63, 3.8) is 0 Å². The number of carboxylic acid groups (broad SMARTS) is 1. The molecule has 158 valence electrons. The summed E-state index contributed by atoms with van der Waals surface area (Å²) >= 11 is 0. The van der Waals surface area contributed by atoms with Gasteiger partial charge in [-0.2, -0.15) is 0 Å². The van der Waals surface area contributed by atoms with Crippen LogP contribution in [0.2, 0.25) is 0 Å². The van der Waals surface area contributed by atoms with Gasteiger partial charge in [0.15, 0.2) is 5.92 Å². The highest BCUT2D eigenvalue weighted by atomic mass is 16.5. The van der Waals surface area contributed by atoms with Gasteiger partial charge < -0.3 is 15.6 Å². The Labute approximate surface area is 181 Å². The third-order valence-corrected chi connectivity index (χ3v) is 5.86. The van der Waals surface area contributed by atoms with Crippen molar-refractivity contribution in [1.29, 1.82) is 0 Å². The Bertz CT molecular complexity index is 1080. The molecule has 0 radical (unpaired) electrons. The minimum Gasteiger partial charge on any atom is -0.481 e. The predicted octanol–water partition coefficient (Wildman–Crippen LogP) is 3.92. The normalized spacial score (nSPS) is 14.4. The van der Waals surface area contributed by atoms with E-state index in [1.807, 2.05) is 79.7 Å². The van der Waals surface area contributed by atoms with E-state index >= 15 is 0 Å².